The molecule has 1 unspecified atom stereocenters. The Bertz CT molecular complexity index is 794. The molecule has 1 N–H and O–H groups in total. The van der Waals surface area contributed by atoms with E-state index in [1.54, 1.807) is 0 Å². The highest BCUT2D eigenvalue weighted by molar-refractivity contribution is 5.79. The van der Waals surface area contributed by atoms with E-state index in [-0.39, 0.29) is 18.6 Å². The maximum Gasteiger partial charge on any atom is 0.231 e. The van der Waals surface area contributed by atoms with Crippen molar-refractivity contribution in [3.8, 4) is 11.5 Å². The Balaban J connectivity index is 1.34. The number of anilines is 1. The van der Waals surface area contributed by atoms with Crippen molar-refractivity contribution in [3.63, 3.8) is 0 Å². The lowest BCUT2D eigenvalue weighted by atomic mass is 9.97. The van der Waals surface area contributed by atoms with Crippen LogP contribution < -0.4 is 19.7 Å². The predicted octanol–water partition coefficient (Wildman–Crippen LogP) is 2.05. The van der Waals surface area contributed by atoms with E-state index in [0.29, 0.717) is 13.1 Å². The van der Waals surface area contributed by atoms with E-state index < -0.39 is 0 Å². The van der Waals surface area contributed by atoms with Crippen molar-refractivity contribution in [2.24, 2.45) is 5.92 Å². The van der Waals surface area contributed by atoms with Gasteiger partial charge < -0.3 is 19.7 Å². The van der Waals surface area contributed by atoms with E-state index in [1.165, 1.54) is 0 Å². The molecular weight excluding hydrogens is 332 g/mol. The summed E-state index contributed by atoms with van der Waals surface area (Å²) >= 11 is 0. The van der Waals surface area contributed by atoms with E-state index in [0.717, 1.165) is 48.0 Å². The van der Waals surface area contributed by atoms with Crippen LogP contribution in [0.1, 0.15) is 24.1 Å². The molecular formula is C19H22N4O3. The second-order valence-electron chi connectivity index (χ2n) is 6.72. The number of ether oxygens (including phenoxy) is 2. The molecule has 2 aliphatic heterocycles. The maximum atomic E-state index is 12.6. The van der Waals surface area contributed by atoms with Crippen LogP contribution in [0.2, 0.25) is 0 Å². The van der Waals surface area contributed by atoms with Gasteiger partial charge >= 0.3 is 0 Å². The fourth-order valence-electron chi connectivity index (χ4n) is 3.34. The van der Waals surface area contributed by atoms with E-state index in [1.807, 2.05) is 37.3 Å². The summed E-state index contributed by atoms with van der Waals surface area (Å²) in [7, 11) is 0. The largest absolute Gasteiger partial charge is 0.454 e. The molecule has 3 heterocycles. The van der Waals surface area contributed by atoms with Crippen molar-refractivity contribution in [1.29, 1.82) is 0 Å². The van der Waals surface area contributed by atoms with E-state index >= 15 is 0 Å². The number of hydrogen-bond acceptors (Lipinski definition) is 6. The fraction of sp³-hybridized carbons (Fsp3) is 0.421. The second kappa shape index (κ2) is 7.19. The van der Waals surface area contributed by atoms with Crippen LogP contribution >= 0.6 is 0 Å². The summed E-state index contributed by atoms with van der Waals surface area (Å²) in [6, 6.07) is 9.66. The zero-order valence-corrected chi connectivity index (χ0v) is 14.8. The Kier molecular flexibility index (Phi) is 4.60. The topological polar surface area (TPSA) is 76.6 Å². The van der Waals surface area contributed by atoms with Gasteiger partial charge in [0.1, 0.15) is 0 Å². The highest BCUT2D eigenvalue weighted by Gasteiger charge is 2.26. The van der Waals surface area contributed by atoms with Crippen molar-refractivity contribution in [1.82, 2.24) is 15.5 Å². The molecule has 7 heteroatoms. The van der Waals surface area contributed by atoms with Gasteiger partial charge in [0.05, 0.1) is 11.6 Å². The number of nitrogens with one attached hydrogen (secondary N) is 1. The number of hydrogen-bond donors (Lipinski definition) is 1. The predicted molar refractivity (Wildman–Crippen MR) is 96.1 cm³/mol. The Morgan fingerprint density at radius 1 is 1.23 bits per heavy atom. The summed E-state index contributed by atoms with van der Waals surface area (Å²) in [6.45, 7) is 4.23. The monoisotopic (exact) mass is 354 g/mol. The minimum absolute atomic E-state index is 0.0409. The number of benzene rings is 1. The number of aromatic nitrogens is 2. The Morgan fingerprint density at radius 3 is 2.96 bits per heavy atom. The highest BCUT2D eigenvalue weighted by Crippen LogP contribution is 2.32. The van der Waals surface area contributed by atoms with Gasteiger partial charge in [0.2, 0.25) is 12.7 Å². The minimum atomic E-state index is -0.0409. The van der Waals surface area contributed by atoms with Crippen LogP contribution in [0, 0.1) is 12.8 Å². The first kappa shape index (κ1) is 16.6. The van der Waals surface area contributed by atoms with Gasteiger partial charge in [0.25, 0.3) is 0 Å². The van der Waals surface area contributed by atoms with Gasteiger partial charge in [-0.05, 0) is 49.6 Å². The lowest BCUT2D eigenvalue weighted by Crippen LogP contribution is -2.43. The third-order valence-corrected chi connectivity index (χ3v) is 4.80. The molecule has 26 heavy (non-hydrogen) atoms. The molecule has 0 bridgehead atoms. The SMILES string of the molecule is Cc1ccc(N2CCCC(C(=O)NCc3ccc4c(c3)OCO4)C2)nn1. The number of carbonyl (C=O) groups excluding carboxylic acids is 1. The molecule has 1 fully saturated rings. The van der Waals surface area contributed by atoms with Crippen LogP contribution in [-0.4, -0.2) is 36.0 Å². The summed E-state index contributed by atoms with van der Waals surface area (Å²) in [5, 5.41) is 11.4. The van der Waals surface area contributed by atoms with Crippen LogP contribution in [0.15, 0.2) is 30.3 Å². The van der Waals surface area contributed by atoms with Crippen molar-refractivity contribution in [2.75, 3.05) is 24.8 Å². The molecule has 0 aliphatic carbocycles. The Labute approximate surface area is 152 Å². The molecule has 2 aromatic rings. The fourth-order valence-corrected chi connectivity index (χ4v) is 3.34. The maximum absolute atomic E-state index is 12.6. The van der Waals surface area contributed by atoms with E-state index in [4.69, 9.17) is 9.47 Å². The number of nitrogens with zero attached hydrogens (tertiary/aromatic N) is 3. The molecule has 136 valence electrons. The van der Waals surface area contributed by atoms with E-state index in [2.05, 4.69) is 20.4 Å². The third-order valence-electron chi connectivity index (χ3n) is 4.80. The summed E-state index contributed by atoms with van der Waals surface area (Å²) < 4.78 is 10.7. The van der Waals surface area contributed by atoms with Crippen molar-refractivity contribution < 1.29 is 14.3 Å². The zero-order valence-electron chi connectivity index (χ0n) is 14.8. The molecule has 1 atom stereocenters. The van der Waals surface area contributed by atoms with Gasteiger partial charge in [-0.2, -0.15) is 5.10 Å². The third kappa shape index (κ3) is 3.56. The Morgan fingerprint density at radius 2 is 2.12 bits per heavy atom. The molecule has 0 spiro atoms. The van der Waals surface area contributed by atoms with Gasteiger partial charge in [0, 0.05) is 19.6 Å². The van der Waals surface area contributed by atoms with Crippen LogP contribution in [0.3, 0.4) is 0 Å². The lowest BCUT2D eigenvalue weighted by molar-refractivity contribution is -0.125. The molecule has 2 aliphatic rings. The first-order valence-corrected chi connectivity index (χ1v) is 8.90. The quantitative estimate of drug-likeness (QED) is 0.906. The first-order chi connectivity index (χ1) is 12.7. The standard InChI is InChI=1S/C19H22N4O3/c1-13-4-7-18(22-21-13)23-8-2-3-15(11-23)19(24)20-10-14-5-6-16-17(9-14)26-12-25-16/h4-7,9,15H,2-3,8,10-12H2,1H3,(H,20,24). The summed E-state index contributed by atoms with van der Waals surface area (Å²) in [5.74, 6) is 2.36. The minimum Gasteiger partial charge on any atom is -0.454 e. The normalized spacial score (nSPS) is 18.7. The van der Waals surface area contributed by atoms with Gasteiger partial charge in [-0.25, -0.2) is 0 Å². The smallest absolute Gasteiger partial charge is 0.231 e. The average Bonchev–Trinajstić information content (AvgIpc) is 3.14. The van der Waals surface area contributed by atoms with Gasteiger partial charge in [0.15, 0.2) is 17.3 Å². The number of aryl methyl sites for hydroxylation is 1. The number of amides is 1. The van der Waals surface area contributed by atoms with Crippen LogP contribution in [0.4, 0.5) is 5.82 Å². The van der Waals surface area contributed by atoms with Gasteiger partial charge in [-0.1, -0.05) is 6.07 Å². The van der Waals surface area contributed by atoms with Gasteiger partial charge in [-0.3, -0.25) is 4.79 Å². The summed E-state index contributed by atoms with van der Waals surface area (Å²) in [6.07, 6.45) is 1.86. The second-order valence-corrected chi connectivity index (χ2v) is 6.72. The Hall–Kier alpha value is -2.83. The molecule has 1 aromatic heterocycles. The summed E-state index contributed by atoms with van der Waals surface area (Å²) in [5.41, 5.74) is 1.89. The van der Waals surface area contributed by atoms with Crippen LogP contribution in [-0.2, 0) is 11.3 Å². The van der Waals surface area contributed by atoms with Gasteiger partial charge in [-0.15, -0.1) is 5.10 Å². The van der Waals surface area contributed by atoms with Crippen LogP contribution in [0.25, 0.3) is 0 Å². The molecule has 1 saturated heterocycles. The molecule has 1 aromatic carbocycles. The zero-order chi connectivity index (χ0) is 17.9. The highest BCUT2D eigenvalue weighted by atomic mass is 16.7. The first-order valence-electron chi connectivity index (χ1n) is 8.90. The van der Waals surface area contributed by atoms with Crippen molar-refractivity contribution in [3.05, 3.63) is 41.6 Å². The molecule has 0 saturated carbocycles. The van der Waals surface area contributed by atoms with Crippen LogP contribution in [0.5, 0.6) is 11.5 Å². The molecule has 7 nitrogen and oxygen atoms in total. The van der Waals surface area contributed by atoms with E-state index in [9.17, 15) is 4.79 Å². The number of carbonyl (C=O) groups is 1. The van der Waals surface area contributed by atoms with Crippen molar-refractivity contribution in [2.45, 2.75) is 26.3 Å². The van der Waals surface area contributed by atoms with Crippen molar-refractivity contribution >= 4 is 11.7 Å². The number of piperidine rings is 1. The number of rotatable bonds is 4. The molecule has 0 radical (unpaired) electrons. The molecule has 1 amide bonds. The molecule has 4 rings (SSSR count). The lowest BCUT2D eigenvalue weighted by Gasteiger charge is -2.32. The summed E-state index contributed by atoms with van der Waals surface area (Å²) in [4.78, 5) is 14.7. The number of fused-ring (bicyclic) bond motifs is 1. The average molecular weight is 354 g/mol.